The van der Waals surface area contributed by atoms with Gasteiger partial charge in [0, 0.05) is 5.39 Å². The van der Waals surface area contributed by atoms with Crippen LogP contribution in [0.2, 0.25) is 0 Å². The second kappa shape index (κ2) is 7.78. The fraction of sp³-hybridized carbons (Fsp3) is 0.318. The third kappa shape index (κ3) is 4.14. The number of fused-ring (bicyclic) bond motifs is 1. The first-order chi connectivity index (χ1) is 16.4. The lowest BCUT2D eigenvalue weighted by molar-refractivity contribution is -0.140. The largest absolute Gasteiger partial charge is 0.454 e. The minimum absolute atomic E-state index is 0.0317. The van der Waals surface area contributed by atoms with Crippen LogP contribution in [0.4, 0.5) is 18.0 Å². The van der Waals surface area contributed by atoms with E-state index in [1.807, 2.05) is 0 Å². The topological polar surface area (TPSA) is 144 Å². The Morgan fingerprint density at radius 2 is 1.94 bits per heavy atom. The van der Waals surface area contributed by atoms with E-state index in [-0.39, 0.29) is 36.4 Å². The number of nitrogens with one attached hydrogen (secondary N) is 2. The van der Waals surface area contributed by atoms with Gasteiger partial charge in [-0.3, -0.25) is 10.1 Å². The van der Waals surface area contributed by atoms with Crippen LogP contribution in [0.25, 0.3) is 22.4 Å². The monoisotopic (exact) mass is 508 g/mol. The van der Waals surface area contributed by atoms with Gasteiger partial charge >= 0.3 is 12.2 Å². The number of carbonyl (C=O) groups excluding carboxylic acids is 2. The van der Waals surface area contributed by atoms with Gasteiger partial charge < -0.3 is 9.73 Å². The Morgan fingerprint density at radius 1 is 1.20 bits per heavy atom. The third-order valence-corrected chi connectivity index (χ3v) is 7.45. The maximum atomic E-state index is 14.0. The number of halogens is 3. The highest BCUT2D eigenvalue weighted by atomic mass is 32.2. The number of primary sulfonamides is 1. The van der Waals surface area contributed by atoms with Crippen molar-refractivity contribution >= 4 is 32.9 Å². The first-order valence-electron chi connectivity index (χ1n) is 10.6. The van der Waals surface area contributed by atoms with E-state index in [0.717, 1.165) is 0 Å². The lowest BCUT2D eigenvalue weighted by Crippen LogP contribution is -2.44. The first-order valence-corrected chi connectivity index (χ1v) is 12.2. The molecule has 1 aromatic carbocycles. The van der Waals surface area contributed by atoms with E-state index < -0.39 is 50.1 Å². The maximum absolute atomic E-state index is 14.0. The van der Waals surface area contributed by atoms with Crippen molar-refractivity contribution in [1.82, 2.24) is 15.6 Å². The molecule has 2 unspecified atom stereocenters. The number of furan rings is 1. The van der Waals surface area contributed by atoms with Crippen molar-refractivity contribution in [2.45, 2.75) is 42.3 Å². The number of para-hydroxylation sites is 1. The molecule has 1 saturated carbocycles. The smallest absolute Gasteiger partial charge is 0.417 e. The van der Waals surface area contributed by atoms with Crippen LogP contribution in [0.3, 0.4) is 0 Å². The van der Waals surface area contributed by atoms with Gasteiger partial charge in [-0.05, 0) is 49.8 Å². The number of sulfonamides is 1. The predicted octanol–water partition coefficient (Wildman–Crippen LogP) is 3.08. The summed E-state index contributed by atoms with van der Waals surface area (Å²) in [7, 11) is -4.82. The van der Waals surface area contributed by atoms with E-state index in [9.17, 15) is 31.2 Å². The summed E-state index contributed by atoms with van der Waals surface area (Å²) in [6.07, 6.45) is -4.51. The molecule has 2 aromatic heterocycles. The molecule has 1 aliphatic carbocycles. The summed E-state index contributed by atoms with van der Waals surface area (Å²) in [6, 6.07) is 8.27. The zero-order valence-corrected chi connectivity index (χ0v) is 18.8. The minimum Gasteiger partial charge on any atom is -0.454 e. The van der Waals surface area contributed by atoms with Crippen molar-refractivity contribution in [3.8, 4) is 11.5 Å². The summed E-state index contributed by atoms with van der Waals surface area (Å²) < 4.78 is 72.4. The average Bonchev–Trinajstić information content (AvgIpc) is 3.43. The Balaban J connectivity index is 1.61. The first kappa shape index (κ1) is 23.3. The molecule has 2 aliphatic rings. The van der Waals surface area contributed by atoms with Crippen LogP contribution in [-0.4, -0.2) is 30.9 Å². The van der Waals surface area contributed by atoms with Gasteiger partial charge in [0.1, 0.15) is 21.7 Å². The maximum Gasteiger partial charge on any atom is 0.417 e. The van der Waals surface area contributed by atoms with Gasteiger partial charge in [-0.2, -0.15) is 13.2 Å². The van der Waals surface area contributed by atoms with E-state index in [2.05, 4.69) is 15.6 Å². The molecule has 3 aromatic rings. The SMILES string of the molecule is NS(=O)(=O)c1c(C(F)(F)F)cc(-c2cc3ccccc3o2)nc1CC1CCC2(C1)NC(=O)NC2=O. The molecular weight excluding hydrogens is 489 g/mol. The molecule has 9 nitrogen and oxygen atoms in total. The zero-order valence-electron chi connectivity index (χ0n) is 18.0. The summed E-state index contributed by atoms with van der Waals surface area (Å²) >= 11 is 0. The highest BCUT2D eigenvalue weighted by Gasteiger charge is 2.51. The molecule has 35 heavy (non-hydrogen) atoms. The molecule has 4 N–H and O–H groups in total. The number of benzene rings is 1. The molecule has 1 spiro atoms. The number of nitrogens with zero attached hydrogens (tertiary/aromatic N) is 1. The third-order valence-electron chi connectivity index (χ3n) is 6.42. The van der Waals surface area contributed by atoms with Crippen LogP contribution in [0.1, 0.15) is 30.5 Å². The number of aromatic nitrogens is 1. The number of nitrogens with two attached hydrogens (primary N) is 1. The highest BCUT2D eigenvalue weighted by molar-refractivity contribution is 7.89. The quantitative estimate of drug-likeness (QED) is 0.462. The van der Waals surface area contributed by atoms with Gasteiger partial charge in [0.2, 0.25) is 10.0 Å². The Labute approximate surface area is 196 Å². The van der Waals surface area contributed by atoms with Gasteiger partial charge in [0.25, 0.3) is 5.91 Å². The Morgan fingerprint density at radius 3 is 2.57 bits per heavy atom. The molecule has 1 saturated heterocycles. The molecule has 3 heterocycles. The number of hydrogen-bond acceptors (Lipinski definition) is 6. The number of urea groups is 1. The molecule has 13 heteroatoms. The molecule has 3 amide bonds. The van der Waals surface area contributed by atoms with Gasteiger partial charge in [-0.1, -0.05) is 18.2 Å². The van der Waals surface area contributed by atoms with E-state index in [1.54, 1.807) is 24.3 Å². The molecule has 0 bridgehead atoms. The molecule has 2 atom stereocenters. The van der Waals surface area contributed by atoms with Gasteiger partial charge in [0.05, 0.1) is 11.3 Å². The number of carbonyl (C=O) groups is 2. The summed E-state index contributed by atoms with van der Waals surface area (Å²) in [4.78, 5) is 27.0. The van der Waals surface area contributed by atoms with Gasteiger partial charge in [-0.15, -0.1) is 0 Å². The number of hydrogen-bond donors (Lipinski definition) is 3. The van der Waals surface area contributed by atoms with Crippen molar-refractivity contribution in [3.63, 3.8) is 0 Å². The van der Waals surface area contributed by atoms with Gasteiger partial charge in [0.15, 0.2) is 5.76 Å². The number of pyridine rings is 1. The van der Waals surface area contributed by atoms with Crippen molar-refractivity contribution in [2.24, 2.45) is 11.1 Å². The van der Waals surface area contributed by atoms with E-state index in [4.69, 9.17) is 9.56 Å². The number of rotatable bonds is 4. The lowest BCUT2D eigenvalue weighted by atomic mass is 9.94. The molecule has 0 radical (unpaired) electrons. The van der Waals surface area contributed by atoms with Crippen LogP contribution >= 0.6 is 0 Å². The van der Waals surface area contributed by atoms with E-state index in [0.29, 0.717) is 23.5 Å². The average molecular weight is 508 g/mol. The molecule has 5 rings (SSSR count). The summed E-state index contributed by atoms with van der Waals surface area (Å²) in [6.45, 7) is 0. The van der Waals surface area contributed by atoms with Gasteiger partial charge in [-0.25, -0.2) is 23.3 Å². The van der Waals surface area contributed by atoms with Crippen LogP contribution in [0.15, 0.2) is 45.7 Å². The number of amides is 3. The number of alkyl halides is 3. The fourth-order valence-electron chi connectivity index (χ4n) is 4.93. The fourth-order valence-corrected chi connectivity index (χ4v) is 5.87. The molecular formula is C22H19F3N4O5S. The van der Waals surface area contributed by atoms with E-state index in [1.165, 1.54) is 6.07 Å². The normalized spacial score (nSPS) is 22.7. The minimum atomic E-state index is -5.05. The summed E-state index contributed by atoms with van der Waals surface area (Å²) in [5, 5.41) is 10.6. The second-order valence-electron chi connectivity index (χ2n) is 8.83. The molecule has 1 aliphatic heterocycles. The molecule has 184 valence electrons. The lowest BCUT2D eigenvalue weighted by Gasteiger charge is -2.21. The van der Waals surface area contributed by atoms with Crippen molar-refractivity contribution < 1.29 is 35.6 Å². The van der Waals surface area contributed by atoms with Crippen LogP contribution in [0, 0.1) is 5.92 Å². The Kier molecular flexibility index (Phi) is 5.18. The Hall–Kier alpha value is -3.45. The van der Waals surface area contributed by atoms with Crippen molar-refractivity contribution in [1.29, 1.82) is 0 Å². The standard InChI is InChI=1S/C22H19F3N4O5S/c23-22(24,25)13-9-14(17-8-12-3-1-2-4-16(12)34-17)27-15(18(13)35(26,32)33)7-11-5-6-21(10-11)19(30)28-20(31)29-21/h1-4,8-9,11H,5-7,10H2,(H2,26,32,33)(H2,28,29,30,31). The highest BCUT2D eigenvalue weighted by Crippen LogP contribution is 2.42. The van der Waals surface area contributed by atoms with Crippen LogP contribution < -0.4 is 15.8 Å². The van der Waals surface area contributed by atoms with Crippen molar-refractivity contribution in [2.75, 3.05) is 0 Å². The summed E-state index contributed by atoms with van der Waals surface area (Å²) in [5.41, 5.74) is -2.76. The predicted molar refractivity (Wildman–Crippen MR) is 116 cm³/mol. The van der Waals surface area contributed by atoms with E-state index >= 15 is 0 Å². The van der Waals surface area contributed by atoms with Crippen LogP contribution in [0.5, 0.6) is 0 Å². The second-order valence-corrected chi connectivity index (χ2v) is 10.3. The summed E-state index contributed by atoms with van der Waals surface area (Å²) in [5.74, 6) is -0.917. The molecule has 2 fully saturated rings. The van der Waals surface area contributed by atoms with Crippen molar-refractivity contribution in [3.05, 3.63) is 47.7 Å². The zero-order chi connectivity index (χ0) is 25.2. The number of imide groups is 1. The van der Waals surface area contributed by atoms with Crippen LogP contribution in [-0.2, 0) is 27.4 Å². The Bertz CT molecular complexity index is 1450.